The molecule has 0 radical (unpaired) electrons. The molecular formula is C15H17N3O3S2. The molecule has 0 atom stereocenters. The van der Waals surface area contributed by atoms with Crippen LogP contribution in [0, 0.1) is 0 Å². The first kappa shape index (κ1) is 16.1. The number of carbonyl (C=O) groups excluding carboxylic acids is 1. The summed E-state index contributed by atoms with van der Waals surface area (Å²) in [5, 5.41) is 5.42. The minimum absolute atomic E-state index is 0.0841. The smallest absolute Gasteiger partial charge is 0.243 e. The lowest BCUT2D eigenvalue weighted by atomic mass is 10.1. The van der Waals surface area contributed by atoms with Crippen LogP contribution in [0.2, 0.25) is 0 Å². The molecule has 0 amide bonds. The van der Waals surface area contributed by atoms with Crippen molar-refractivity contribution in [3.05, 3.63) is 41.4 Å². The van der Waals surface area contributed by atoms with Crippen LogP contribution >= 0.6 is 11.3 Å². The van der Waals surface area contributed by atoms with Crippen molar-refractivity contribution in [2.75, 3.05) is 25.0 Å². The van der Waals surface area contributed by atoms with E-state index >= 15 is 0 Å². The predicted octanol–water partition coefficient (Wildman–Crippen LogP) is 2.22. The zero-order valence-corrected chi connectivity index (χ0v) is 14.1. The Labute approximate surface area is 139 Å². The molecule has 3 rings (SSSR count). The number of aromatic nitrogens is 1. The van der Waals surface area contributed by atoms with Crippen molar-refractivity contribution in [1.29, 1.82) is 0 Å². The van der Waals surface area contributed by atoms with E-state index in [9.17, 15) is 13.2 Å². The molecule has 8 heteroatoms. The van der Waals surface area contributed by atoms with E-state index in [-0.39, 0.29) is 17.2 Å². The number of sulfonamides is 1. The third-order valence-electron chi connectivity index (χ3n) is 3.69. The molecule has 122 valence electrons. The van der Waals surface area contributed by atoms with Crippen molar-refractivity contribution >= 4 is 32.3 Å². The van der Waals surface area contributed by atoms with Crippen LogP contribution in [0.3, 0.4) is 0 Å². The fourth-order valence-electron chi connectivity index (χ4n) is 2.48. The third kappa shape index (κ3) is 3.60. The van der Waals surface area contributed by atoms with E-state index in [1.54, 1.807) is 24.4 Å². The van der Waals surface area contributed by atoms with Crippen LogP contribution in [0.5, 0.6) is 0 Å². The summed E-state index contributed by atoms with van der Waals surface area (Å²) in [5.74, 6) is -0.168. The Morgan fingerprint density at radius 2 is 2.09 bits per heavy atom. The molecule has 1 aliphatic rings. The van der Waals surface area contributed by atoms with Crippen LogP contribution in [-0.2, 0) is 10.0 Å². The maximum absolute atomic E-state index is 12.5. The van der Waals surface area contributed by atoms with E-state index in [0.29, 0.717) is 23.8 Å². The fourth-order valence-corrected chi connectivity index (χ4v) is 4.57. The van der Waals surface area contributed by atoms with Crippen LogP contribution in [0.25, 0.3) is 0 Å². The number of benzene rings is 1. The Bertz CT molecular complexity index is 782. The molecule has 1 aromatic heterocycles. The van der Waals surface area contributed by atoms with Gasteiger partial charge in [0.2, 0.25) is 10.0 Å². The van der Waals surface area contributed by atoms with Gasteiger partial charge in [0.1, 0.15) is 0 Å². The Morgan fingerprint density at radius 1 is 1.30 bits per heavy atom. The zero-order chi connectivity index (χ0) is 16.3. The summed E-state index contributed by atoms with van der Waals surface area (Å²) in [6.45, 7) is 1.18. The number of rotatable bonds is 6. The highest BCUT2D eigenvalue weighted by atomic mass is 32.2. The maximum Gasteiger partial charge on any atom is 0.243 e. The Morgan fingerprint density at radius 3 is 2.78 bits per heavy atom. The van der Waals surface area contributed by atoms with Gasteiger partial charge in [0, 0.05) is 30.2 Å². The molecule has 1 saturated heterocycles. The standard InChI is InChI=1S/C15H17N3O3S2/c19-14(11-17-15-16-6-9-22-15)12-4-3-5-13(10-12)23(20,21)18-7-1-2-8-18/h3-6,9-10H,1-2,7-8,11H2,(H,16,17). The number of hydrogen-bond donors (Lipinski definition) is 1. The first-order chi connectivity index (χ1) is 11.1. The first-order valence-corrected chi connectivity index (χ1v) is 9.66. The Balaban J connectivity index is 1.75. The topological polar surface area (TPSA) is 79.4 Å². The molecule has 23 heavy (non-hydrogen) atoms. The summed E-state index contributed by atoms with van der Waals surface area (Å²) in [5.41, 5.74) is 0.384. The number of anilines is 1. The number of hydrogen-bond acceptors (Lipinski definition) is 6. The van der Waals surface area contributed by atoms with Crippen molar-refractivity contribution < 1.29 is 13.2 Å². The van der Waals surface area contributed by atoms with Crippen LogP contribution < -0.4 is 5.32 Å². The second-order valence-corrected chi connectivity index (χ2v) is 8.09. The summed E-state index contributed by atoms with van der Waals surface area (Å²) in [6, 6.07) is 6.24. The van der Waals surface area contributed by atoms with E-state index < -0.39 is 10.0 Å². The number of ketones is 1. The molecule has 2 heterocycles. The minimum Gasteiger partial charge on any atom is -0.354 e. The third-order valence-corrected chi connectivity index (χ3v) is 6.32. The molecule has 1 aromatic carbocycles. The van der Waals surface area contributed by atoms with Gasteiger partial charge in [-0.05, 0) is 25.0 Å². The molecule has 0 spiro atoms. The lowest BCUT2D eigenvalue weighted by Crippen LogP contribution is -2.28. The van der Waals surface area contributed by atoms with Crippen molar-refractivity contribution in [2.24, 2.45) is 0 Å². The Hall–Kier alpha value is -1.77. The second kappa shape index (κ2) is 6.77. The summed E-state index contributed by atoms with van der Waals surface area (Å²) in [7, 11) is -3.50. The molecule has 0 unspecified atom stereocenters. The van der Waals surface area contributed by atoms with Gasteiger partial charge in [0.25, 0.3) is 0 Å². The summed E-state index contributed by atoms with van der Waals surface area (Å²) in [6.07, 6.45) is 3.42. The molecule has 1 aliphatic heterocycles. The van der Waals surface area contributed by atoms with Gasteiger partial charge >= 0.3 is 0 Å². The fraction of sp³-hybridized carbons (Fsp3) is 0.333. The van der Waals surface area contributed by atoms with Crippen molar-refractivity contribution in [1.82, 2.24) is 9.29 Å². The molecule has 0 saturated carbocycles. The zero-order valence-electron chi connectivity index (χ0n) is 12.4. The molecule has 0 aliphatic carbocycles. The van der Waals surface area contributed by atoms with Crippen molar-refractivity contribution in [2.45, 2.75) is 17.7 Å². The monoisotopic (exact) mass is 351 g/mol. The van der Waals surface area contributed by atoms with E-state index in [0.717, 1.165) is 12.8 Å². The van der Waals surface area contributed by atoms with E-state index in [2.05, 4.69) is 10.3 Å². The van der Waals surface area contributed by atoms with Gasteiger partial charge in [-0.2, -0.15) is 4.31 Å². The summed E-state index contributed by atoms with van der Waals surface area (Å²) in [4.78, 5) is 16.5. The highest BCUT2D eigenvalue weighted by molar-refractivity contribution is 7.89. The minimum atomic E-state index is -3.50. The second-order valence-electron chi connectivity index (χ2n) is 5.25. The van der Waals surface area contributed by atoms with E-state index in [1.165, 1.54) is 21.7 Å². The molecule has 1 N–H and O–H groups in total. The lowest BCUT2D eigenvalue weighted by molar-refractivity contribution is 0.101. The van der Waals surface area contributed by atoms with Gasteiger partial charge < -0.3 is 5.32 Å². The highest BCUT2D eigenvalue weighted by Crippen LogP contribution is 2.21. The van der Waals surface area contributed by atoms with Crippen molar-refractivity contribution in [3.63, 3.8) is 0 Å². The van der Waals surface area contributed by atoms with Crippen LogP contribution in [0.4, 0.5) is 5.13 Å². The van der Waals surface area contributed by atoms with Gasteiger partial charge in [-0.1, -0.05) is 12.1 Å². The average molecular weight is 351 g/mol. The highest BCUT2D eigenvalue weighted by Gasteiger charge is 2.27. The number of nitrogens with zero attached hydrogens (tertiary/aromatic N) is 2. The van der Waals surface area contributed by atoms with Gasteiger partial charge in [-0.15, -0.1) is 11.3 Å². The summed E-state index contributed by atoms with van der Waals surface area (Å²) >= 11 is 1.41. The van der Waals surface area contributed by atoms with Gasteiger partial charge in [0.05, 0.1) is 11.4 Å². The molecule has 6 nitrogen and oxygen atoms in total. The molecule has 1 fully saturated rings. The van der Waals surface area contributed by atoms with Gasteiger partial charge in [0.15, 0.2) is 10.9 Å². The first-order valence-electron chi connectivity index (χ1n) is 7.34. The van der Waals surface area contributed by atoms with E-state index in [4.69, 9.17) is 0 Å². The number of thiazole rings is 1. The lowest BCUT2D eigenvalue weighted by Gasteiger charge is -2.15. The number of carbonyl (C=O) groups is 1. The normalized spacial score (nSPS) is 15.7. The summed E-state index contributed by atoms with van der Waals surface area (Å²) < 4.78 is 26.6. The number of nitrogens with one attached hydrogen (secondary N) is 1. The van der Waals surface area contributed by atoms with Crippen LogP contribution in [-0.4, -0.2) is 43.1 Å². The predicted molar refractivity (Wildman–Crippen MR) is 89.4 cm³/mol. The van der Waals surface area contributed by atoms with E-state index in [1.807, 2.05) is 5.38 Å². The van der Waals surface area contributed by atoms with Gasteiger partial charge in [-0.25, -0.2) is 13.4 Å². The van der Waals surface area contributed by atoms with Crippen molar-refractivity contribution in [3.8, 4) is 0 Å². The van der Waals surface area contributed by atoms with Crippen LogP contribution in [0.15, 0.2) is 40.7 Å². The van der Waals surface area contributed by atoms with Crippen LogP contribution in [0.1, 0.15) is 23.2 Å². The Kier molecular flexibility index (Phi) is 4.74. The molecular weight excluding hydrogens is 334 g/mol. The SMILES string of the molecule is O=C(CNc1nccs1)c1cccc(S(=O)(=O)N2CCCC2)c1. The maximum atomic E-state index is 12.5. The molecule has 2 aromatic rings. The quantitative estimate of drug-likeness (QED) is 0.807. The average Bonchev–Trinajstić information content (AvgIpc) is 3.26. The largest absolute Gasteiger partial charge is 0.354 e. The van der Waals surface area contributed by atoms with Gasteiger partial charge in [-0.3, -0.25) is 4.79 Å². The number of Topliss-reactive ketones (excluding diaryl/α,β-unsaturated/α-hetero) is 1. The molecule has 0 bridgehead atoms.